The molecule has 0 bridgehead atoms. The Hall–Kier alpha value is -6.74. The van der Waals surface area contributed by atoms with E-state index in [4.69, 9.17) is 4.42 Å². The van der Waals surface area contributed by atoms with Crippen LogP contribution < -0.4 is 0 Å². The fourth-order valence-corrected chi connectivity index (χ4v) is 10.2. The van der Waals surface area contributed by atoms with Crippen LogP contribution in [-0.4, -0.2) is 0 Å². The van der Waals surface area contributed by atoms with Gasteiger partial charge in [0, 0.05) is 26.2 Å². The molecule has 0 aliphatic heterocycles. The molecule has 12 rings (SSSR count). The third-order valence-corrected chi connectivity index (χ3v) is 12.6. The molecule has 0 saturated carbocycles. The summed E-state index contributed by atoms with van der Waals surface area (Å²) in [5.41, 5.74) is 9.28. The van der Waals surface area contributed by atoms with Gasteiger partial charge in [-0.25, -0.2) is 0 Å². The second kappa shape index (κ2) is 11.4. The number of thiophene rings is 1. The van der Waals surface area contributed by atoms with E-state index >= 15 is 0 Å². The highest BCUT2D eigenvalue weighted by Gasteiger charge is 2.20. The average Bonchev–Trinajstić information content (AvgIpc) is 3.79. The number of fused-ring (bicyclic) bond motifs is 11. The number of benzene rings is 10. The second-order valence-electron chi connectivity index (χ2n) is 14.3. The van der Waals surface area contributed by atoms with Crippen molar-refractivity contribution in [3.8, 4) is 33.4 Å². The van der Waals surface area contributed by atoms with Crippen molar-refractivity contribution in [3.05, 3.63) is 182 Å². The first-order chi connectivity index (χ1) is 26.8. The lowest BCUT2D eigenvalue weighted by Crippen LogP contribution is -1.92. The Labute approximate surface area is 314 Å². The Bertz CT molecular complexity index is 3440. The van der Waals surface area contributed by atoms with E-state index in [1.54, 1.807) is 0 Å². The summed E-state index contributed by atoms with van der Waals surface area (Å²) in [5, 5.41) is 14.9. The van der Waals surface area contributed by atoms with Crippen molar-refractivity contribution >= 4 is 96.5 Å². The van der Waals surface area contributed by atoms with Gasteiger partial charge in [0.2, 0.25) is 0 Å². The first-order valence-electron chi connectivity index (χ1n) is 18.5. The van der Waals surface area contributed by atoms with Gasteiger partial charge in [0.05, 0.1) is 4.70 Å². The van der Waals surface area contributed by atoms with Gasteiger partial charge in [-0.15, -0.1) is 11.3 Å². The fourth-order valence-electron chi connectivity index (χ4n) is 9.02. The Morgan fingerprint density at radius 2 is 0.889 bits per heavy atom. The second-order valence-corrected chi connectivity index (χ2v) is 15.4. The molecule has 0 aliphatic carbocycles. The number of hydrogen-bond donors (Lipinski definition) is 0. The molecular formula is C52H30OS. The van der Waals surface area contributed by atoms with Gasteiger partial charge < -0.3 is 4.42 Å². The van der Waals surface area contributed by atoms with Crippen LogP contribution in [0.25, 0.3) is 119 Å². The van der Waals surface area contributed by atoms with Crippen LogP contribution in [0.2, 0.25) is 0 Å². The van der Waals surface area contributed by atoms with Crippen LogP contribution in [0.15, 0.2) is 186 Å². The van der Waals surface area contributed by atoms with Crippen LogP contribution in [0.3, 0.4) is 0 Å². The topological polar surface area (TPSA) is 13.1 Å². The highest BCUT2D eigenvalue weighted by atomic mass is 32.1. The van der Waals surface area contributed by atoms with Crippen molar-refractivity contribution in [1.82, 2.24) is 0 Å². The smallest absolute Gasteiger partial charge is 0.153 e. The van der Waals surface area contributed by atoms with E-state index in [0.29, 0.717) is 0 Å². The standard InChI is InChI=1S/C52H30OS/c1-2-12-31(13-3-1)49-39-18-8-10-20-41(39)50(42-21-11-9-19-40(42)49)43-25-24-35(36-16-6-7-17-37(36)43)34-22-23-38-44-26-27-45-46-28-32-14-4-5-15-33(32)30-48(46)54-52(45)51(44)53-47(38)29-34/h1-30H. The van der Waals surface area contributed by atoms with Crippen LogP contribution in [-0.2, 0) is 0 Å². The van der Waals surface area contributed by atoms with Crippen LogP contribution in [0.5, 0.6) is 0 Å². The molecule has 0 fully saturated rings. The van der Waals surface area contributed by atoms with Gasteiger partial charge in [-0.3, -0.25) is 0 Å². The van der Waals surface area contributed by atoms with Crippen molar-refractivity contribution in [1.29, 1.82) is 0 Å². The van der Waals surface area contributed by atoms with Gasteiger partial charge in [0.1, 0.15) is 5.58 Å². The van der Waals surface area contributed by atoms with E-state index in [1.165, 1.54) is 91.1 Å². The van der Waals surface area contributed by atoms with E-state index in [9.17, 15) is 0 Å². The predicted octanol–water partition coefficient (Wildman–Crippen LogP) is 15.6. The van der Waals surface area contributed by atoms with Crippen LogP contribution in [0, 0.1) is 0 Å². The van der Waals surface area contributed by atoms with E-state index in [-0.39, 0.29) is 0 Å². The molecule has 2 heterocycles. The van der Waals surface area contributed by atoms with Crippen molar-refractivity contribution in [2.45, 2.75) is 0 Å². The molecule has 0 radical (unpaired) electrons. The summed E-state index contributed by atoms with van der Waals surface area (Å²) < 4.78 is 9.32. The maximum absolute atomic E-state index is 6.81. The summed E-state index contributed by atoms with van der Waals surface area (Å²) in [6.45, 7) is 0. The summed E-state index contributed by atoms with van der Waals surface area (Å²) >= 11 is 1.83. The van der Waals surface area contributed by atoms with Gasteiger partial charge >= 0.3 is 0 Å². The molecule has 0 saturated heterocycles. The summed E-state index contributed by atoms with van der Waals surface area (Å²) in [7, 11) is 0. The fraction of sp³-hybridized carbons (Fsp3) is 0. The quantitative estimate of drug-likeness (QED) is 0.167. The first-order valence-corrected chi connectivity index (χ1v) is 19.3. The number of hydrogen-bond acceptors (Lipinski definition) is 2. The molecule has 2 heteroatoms. The molecule has 0 N–H and O–H groups in total. The molecule has 0 amide bonds. The van der Waals surface area contributed by atoms with E-state index in [0.717, 1.165) is 27.5 Å². The van der Waals surface area contributed by atoms with Crippen molar-refractivity contribution in [2.75, 3.05) is 0 Å². The monoisotopic (exact) mass is 702 g/mol. The minimum Gasteiger partial charge on any atom is -0.455 e. The molecule has 0 atom stereocenters. The van der Waals surface area contributed by atoms with Gasteiger partial charge in [-0.2, -0.15) is 0 Å². The molecule has 1 nitrogen and oxygen atoms in total. The summed E-state index contributed by atoms with van der Waals surface area (Å²) in [6, 6.07) is 66.7. The van der Waals surface area contributed by atoms with E-state index < -0.39 is 0 Å². The largest absolute Gasteiger partial charge is 0.455 e. The zero-order valence-corrected chi connectivity index (χ0v) is 30.0. The van der Waals surface area contributed by atoms with Crippen molar-refractivity contribution < 1.29 is 4.42 Å². The van der Waals surface area contributed by atoms with Crippen LogP contribution in [0.1, 0.15) is 0 Å². The molecule has 10 aromatic carbocycles. The van der Waals surface area contributed by atoms with Crippen LogP contribution in [0.4, 0.5) is 0 Å². The minimum absolute atomic E-state index is 0.916. The lowest BCUT2D eigenvalue weighted by molar-refractivity contribution is 0.673. The molecular weight excluding hydrogens is 673 g/mol. The maximum Gasteiger partial charge on any atom is 0.153 e. The van der Waals surface area contributed by atoms with E-state index in [1.807, 2.05) is 11.3 Å². The Kier molecular flexibility index (Phi) is 6.28. The maximum atomic E-state index is 6.81. The van der Waals surface area contributed by atoms with E-state index in [2.05, 4.69) is 182 Å². The van der Waals surface area contributed by atoms with Gasteiger partial charge in [-0.1, -0.05) is 152 Å². The lowest BCUT2D eigenvalue weighted by Gasteiger charge is -2.19. The number of rotatable bonds is 3. The molecule has 2 aromatic heterocycles. The molecule has 250 valence electrons. The number of furan rings is 1. The van der Waals surface area contributed by atoms with Crippen molar-refractivity contribution in [2.24, 2.45) is 0 Å². The SMILES string of the molecule is c1ccc(-c2c3ccccc3c(-c3ccc(-c4ccc5c(c4)oc4c5ccc5c6cc7ccccc7cc6sc54)c4ccccc34)c3ccccc23)cc1. The van der Waals surface area contributed by atoms with Crippen LogP contribution >= 0.6 is 11.3 Å². The third-order valence-electron chi connectivity index (χ3n) is 11.4. The highest BCUT2D eigenvalue weighted by Crippen LogP contribution is 2.47. The van der Waals surface area contributed by atoms with Crippen molar-refractivity contribution in [3.63, 3.8) is 0 Å². The third kappa shape index (κ3) is 4.26. The Balaban J connectivity index is 1.06. The summed E-state index contributed by atoms with van der Waals surface area (Å²) in [6.07, 6.45) is 0. The molecule has 0 spiro atoms. The zero-order chi connectivity index (χ0) is 35.3. The molecule has 54 heavy (non-hydrogen) atoms. The minimum atomic E-state index is 0.916. The molecule has 0 aliphatic rings. The lowest BCUT2D eigenvalue weighted by atomic mass is 9.84. The zero-order valence-electron chi connectivity index (χ0n) is 29.1. The Morgan fingerprint density at radius 3 is 1.61 bits per heavy atom. The summed E-state index contributed by atoms with van der Waals surface area (Å²) in [4.78, 5) is 0. The van der Waals surface area contributed by atoms with Gasteiger partial charge in [0.25, 0.3) is 0 Å². The highest BCUT2D eigenvalue weighted by molar-refractivity contribution is 7.26. The predicted molar refractivity (Wildman–Crippen MR) is 233 cm³/mol. The van der Waals surface area contributed by atoms with Gasteiger partial charge in [0.15, 0.2) is 5.58 Å². The summed E-state index contributed by atoms with van der Waals surface area (Å²) in [5.74, 6) is 0. The average molecular weight is 703 g/mol. The van der Waals surface area contributed by atoms with Gasteiger partial charge in [-0.05, 0) is 107 Å². The first kappa shape index (κ1) is 29.8. The molecule has 0 unspecified atom stereocenters. The Morgan fingerprint density at radius 1 is 0.333 bits per heavy atom. The molecule has 12 aromatic rings. The normalized spacial score (nSPS) is 12.1.